The van der Waals surface area contributed by atoms with E-state index in [1.807, 2.05) is 19.2 Å². The zero-order valence-corrected chi connectivity index (χ0v) is 14.6. The number of benzene rings is 1. The van der Waals surface area contributed by atoms with Crippen molar-refractivity contribution in [1.29, 1.82) is 0 Å². The number of methoxy groups -OCH3 is 2. The third-order valence-electron chi connectivity index (χ3n) is 4.20. The lowest BCUT2D eigenvalue weighted by molar-refractivity contribution is -0.119. The Hall–Kier alpha value is -1.99. The van der Waals surface area contributed by atoms with Gasteiger partial charge in [-0.2, -0.15) is 0 Å². The van der Waals surface area contributed by atoms with Gasteiger partial charge in [0.1, 0.15) is 0 Å². The number of hydrogen-bond donors (Lipinski definition) is 2. The van der Waals surface area contributed by atoms with Crippen molar-refractivity contribution >= 4 is 5.91 Å². The van der Waals surface area contributed by atoms with Crippen LogP contribution in [-0.2, 0) is 11.3 Å². The Balaban J connectivity index is 2.17. The van der Waals surface area contributed by atoms with Crippen LogP contribution in [0.5, 0.6) is 17.2 Å². The van der Waals surface area contributed by atoms with Gasteiger partial charge >= 0.3 is 0 Å². The second-order valence-corrected chi connectivity index (χ2v) is 5.95. The lowest BCUT2D eigenvalue weighted by atomic mass is 10.0. The molecule has 0 radical (unpaired) electrons. The Bertz CT molecular complexity index is 540. The van der Waals surface area contributed by atoms with Crippen molar-refractivity contribution in [3.8, 4) is 17.2 Å². The number of nitrogens with two attached hydrogens (primary N) is 1. The molecule has 7 heteroatoms. The van der Waals surface area contributed by atoms with E-state index in [1.54, 1.807) is 14.2 Å². The highest BCUT2D eigenvalue weighted by Gasteiger charge is 2.20. The molecule has 1 aromatic carbocycles. The van der Waals surface area contributed by atoms with Crippen LogP contribution >= 0.6 is 0 Å². The smallest absolute Gasteiger partial charge is 0.255 e. The summed E-state index contributed by atoms with van der Waals surface area (Å²) >= 11 is 0. The summed E-state index contributed by atoms with van der Waals surface area (Å²) in [5, 5.41) is 3.35. The maximum absolute atomic E-state index is 11.0. The molecule has 0 bridgehead atoms. The fourth-order valence-electron chi connectivity index (χ4n) is 3.00. The summed E-state index contributed by atoms with van der Waals surface area (Å²) < 4.78 is 16.3. The van der Waals surface area contributed by atoms with E-state index in [-0.39, 0.29) is 6.61 Å². The van der Waals surface area contributed by atoms with E-state index >= 15 is 0 Å². The molecule has 1 saturated heterocycles. The van der Waals surface area contributed by atoms with Gasteiger partial charge in [0.25, 0.3) is 5.91 Å². The van der Waals surface area contributed by atoms with Crippen LogP contribution in [0.15, 0.2) is 12.1 Å². The minimum absolute atomic E-state index is 0.220. The number of piperidine rings is 1. The lowest BCUT2D eigenvalue weighted by Gasteiger charge is -2.32. The van der Waals surface area contributed by atoms with Crippen molar-refractivity contribution < 1.29 is 19.0 Å². The highest BCUT2D eigenvalue weighted by Crippen LogP contribution is 2.39. The molecule has 1 atom stereocenters. The average Bonchev–Trinajstić information content (AvgIpc) is 2.59. The Labute approximate surface area is 143 Å². The molecule has 134 valence electrons. The maximum atomic E-state index is 11.0. The second-order valence-electron chi connectivity index (χ2n) is 5.95. The van der Waals surface area contributed by atoms with Crippen LogP contribution in [0.3, 0.4) is 0 Å². The quantitative estimate of drug-likeness (QED) is 0.728. The molecule has 1 fully saturated rings. The Kier molecular flexibility index (Phi) is 6.69. The molecule has 0 aromatic heterocycles. The van der Waals surface area contributed by atoms with Gasteiger partial charge in [0.15, 0.2) is 18.1 Å². The summed E-state index contributed by atoms with van der Waals surface area (Å²) in [5.41, 5.74) is 6.22. The summed E-state index contributed by atoms with van der Waals surface area (Å²) in [7, 11) is 5.13. The van der Waals surface area contributed by atoms with Crippen molar-refractivity contribution in [3.05, 3.63) is 17.7 Å². The van der Waals surface area contributed by atoms with Gasteiger partial charge in [-0.1, -0.05) is 0 Å². The molecular weight excluding hydrogens is 310 g/mol. The number of nitrogens with zero attached hydrogens (tertiary/aromatic N) is 1. The highest BCUT2D eigenvalue weighted by atomic mass is 16.5. The number of hydrogen-bond acceptors (Lipinski definition) is 6. The lowest BCUT2D eigenvalue weighted by Crippen LogP contribution is -2.43. The first-order chi connectivity index (χ1) is 11.6. The van der Waals surface area contributed by atoms with Gasteiger partial charge < -0.3 is 25.3 Å². The number of likely N-dealkylation sites (N-methyl/N-ethyl adjacent to an activating group) is 1. The van der Waals surface area contributed by atoms with Crippen LogP contribution in [0.4, 0.5) is 0 Å². The molecule has 1 aliphatic rings. The molecule has 3 N–H and O–H groups in total. The minimum Gasteiger partial charge on any atom is -0.493 e. The predicted octanol–water partition coefficient (Wildman–Crippen LogP) is 0.752. The molecule has 1 amide bonds. The van der Waals surface area contributed by atoms with Crippen molar-refractivity contribution in [2.75, 3.05) is 41.0 Å². The third-order valence-corrected chi connectivity index (χ3v) is 4.20. The van der Waals surface area contributed by atoms with Crippen LogP contribution in [0.2, 0.25) is 0 Å². The fourth-order valence-corrected chi connectivity index (χ4v) is 3.00. The van der Waals surface area contributed by atoms with E-state index in [0.717, 1.165) is 25.2 Å². The van der Waals surface area contributed by atoms with Crippen LogP contribution < -0.4 is 25.3 Å². The predicted molar refractivity (Wildman–Crippen MR) is 91.6 cm³/mol. The third kappa shape index (κ3) is 4.75. The van der Waals surface area contributed by atoms with Crippen molar-refractivity contribution in [1.82, 2.24) is 10.2 Å². The normalized spacial score (nSPS) is 18.2. The number of amides is 1. The molecule has 0 spiro atoms. The summed E-state index contributed by atoms with van der Waals surface area (Å²) in [4.78, 5) is 13.4. The second kappa shape index (κ2) is 8.75. The standard InChI is InChI=1S/C17H27N3O4/c1-19-13-5-4-6-20(10-13)9-12-7-14(22-2)17(15(8-12)23-3)24-11-16(18)21/h7-8,13,19H,4-6,9-11H2,1-3H3,(H2,18,21). The van der Waals surface area contributed by atoms with Gasteiger partial charge in [0.05, 0.1) is 14.2 Å². The minimum atomic E-state index is -0.547. The maximum Gasteiger partial charge on any atom is 0.255 e. The summed E-state index contributed by atoms with van der Waals surface area (Å²) in [5.74, 6) is 0.921. The molecule has 1 aromatic rings. The molecule has 1 heterocycles. The topological polar surface area (TPSA) is 86.0 Å². The van der Waals surface area contributed by atoms with Crippen molar-refractivity contribution in [2.24, 2.45) is 5.73 Å². The number of likely N-dealkylation sites (tertiary alicyclic amines) is 1. The van der Waals surface area contributed by atoms with Gasteiger partial charge in [-0.05, 0) is 44.1 Å². The van der Waals surface area contributed by atoms with E-state index in [1.165, 1.54) is 12.8 Å². The van der Waals surface area contributed by atoms with Gasteiger partial charge in [0, 0.05) is 19.1 Å². The SMILES string of the molecule is CNC1CCCN(Cc2cc(OC)c(OCC(N)=O)c(OC)c2)C1. The number of rotatable bonds is 8. The van der Waals surface area contributed by atoms with Crippen LogP contribution in [0.25, 0.3) is 0 Å². The summed E-state index contributed by atoms with van der Waals surface area (Å²) in [6.45, 7) is 2.67. The molecule has 0 aliphatic carbocycles. The number of carbonyl (C=O) groups is 1. The number of primary amides is 1. The zero-order chi connectivity index (χ0) is 17.5. The van der Waals surface area contributed by atoms with Gasteiger partial charge in [0.2, 0.25) is 5.75 Å². The Morgan fingerprint density at radius 1 is 1.33 bits per heavy atom. The van der Waals surface area contributed by atoms with Crippen molar-refractivity contribution in [3.63, 3.8) is 0 Å². The van der Waals surface area contributed by atoms with Gasteiger partial charge in [-0.3, -0.25) is 9.69 Å². The number of ether oxygens (including phenoxy) is 3. The monoisotopic (exact) mass is 337 g/mol. The number of nitrogens with one attached hydrogen (secondary N) is 1. The first-order valence-corrected chi connectivity index (χ1v) is 8.13. The van der Waals surface area contributed by atoms with E-state index in [4.69, 9.17) is 19.9 Å². The van der Waals surface area contributed by atoms with E-state index in [0.29, 0.717) is 23.3 Å². The molecule has 1 aliphatic heterocycles. The Morgan fingerprint density at radius 3 is 2.54 bits per heavy atom. The average molecular weight is 337 g/mol. The molecule has 24 heavy (non-hydrogen) atoms. The van der Waals surface area contributed by atoms with Crippen LogP contribution in [0.1, 0.15) is 18.4 Å². The van der Waals surface area contributed by atoms with Crippen LogP contribution in [-0.4, -0.2) is 57.8 Å². The fraction of sp³-hybridized carbons (Fsp3) is 0.588. The highest BCUT2D eigenvalue weighted by molar-refractivity contribution is 5.75. The largest absolute Gasteiger partial charge is 0.493 e. The van der Waals surface area contributed by atoms with E-state index in [2.05, 4.69) is 10.2 Å². The molecule has 0 saturated carbocycles. The Morgan fingerprint density at radius 2 is 2.00 bits per heavy atom. The zero-order valence-electron chi connectivity index (χ0n) is 14.6. The first-order valence-electron chi connectivity index (χ1n) is 8.13. The first kappa shape index (κ1) is 18.4. The van der Waals surface area contributed by atoms with Gasteiger partial charge in [-0.25, -0.2) is 0 Å². The van der Waals surface area contributed by atoms with E-state index < -0.39 is 5.91 Å². The van der Waals surface area contributed by atoms with Gasteiger partial charge in [-0.15, -0.1) is 0 Å². The van der Waals surface area contributed by atoms with Crippen molar-refractivity contribution in [2.45, 2.75) is 25.4 Å². The molecular formula is C17H27N3O4. The molecule has 2 rings (SSSR count). The molecule has 7 nitrogen and oxygen atoms in total. The van der Waals surface area contributed by atoms with Crippen LogP contribution in [0, 0.1) is 0 Å². The number of carbonyl (C=O) groups excluding carboxylic acids is 1. The van der Waals surface area contributed by atoms with E-state index in [9.17, 15) is 4.79 Å². The molecule has 1 unspecified atom stereocenters. The summed E-state index contributed by atoms with van der Waals surface area (Å²) in [6.07, 6.45) is 2.39. The summed E-state index contributed by atoms with van der Waals surface area (Å²) in [6, 6.07) is 4.37.